The molecule has 0 bridgehead atoms. The van der Waals surface area contributed by atoms with Gasteiger partial charge in [0.25, 0.3) is 5.91 Å². The number of fused-ring (bicyclic) bond motifs is 2. The smallest absolute Gasteiger partial charge is 0.251 e. The van der Waals surface area contributed by atoms with E-state index in [0.29, 0.717) is 24.9 Å². The summed E-state index contributed by atoms with van der Waals surface area (Å²) in [6.45, 7) is 4.33. The number of likely N-dealkylation sites (tertiary alicyclic amines) is 1. The summed E-state index contributed by atoms with van der Waals surface area (Å²) in [4.78, 5) is 54.5. The third-order valence-electron chi connectivity index (χ3n) is 6.43. The number of nitrogens with one attached hydrogen (secondary N) is 2. The van der Waals surface area contributed by atoms with Crippen molar-refractivity contribution in [3.63, 3.8) is 0 Å². The fraction of sp³-hybridized carbons (Fsp3) is 0.545. The minimum Gasteiger partial charge on any atom is -0.375 e. The molecule has 9 nitrogen and oxygen atoms in total. The van der Waals surface area contributed by atoms with Gasteiger partial charge < -0.3 is 25.2 Å². The van der Waals surface area contributed by atoms with Gasteiger partial charge >= 0.3 is 0 Å². The highest BCUT2D eigenvalue weighted by Crippen LogP contribution is 2.29. The first-order valence-electron chi connectivity index (χ1n) is 10.6. The lowest BCUT2D eigenvalue weighted by molar-refractivity contribution is -0.146. The number of hydrogen-bond acceptors (Lipinski definition) is 5. The van der Waals surface area contributed by atoms with E-state index in [-0.39, 0.29) is 42.8 Å². The Morgan fingerprint density at radius 1 is 1.26 bits per heavy atom. The number of benzene rings is 1. The van der Waals surface area contributed by atoms with Crippen LogP contribution in [0, 0.1) is 13.8 Å². The Hall–Kier alpha value is -2.94. The molecule has 0 saturated carbocycles. The number of ether oxygens (including phenoxy) is 1. The number of hydrogen-bond donors (Lipinski definition) is 2. The normalized spacial score (nSPS) is 27.5. The number of carbonyl (C=O) groups is 4. The quantitative estimate of drug-likeness (QED) is 0.688. The Balaban J connectivity index is 1.51. The Morgan fingerprint density at radius 2 is 2.03 bits per heavy atom. The van der Waals surface area contributed by atoms with Gasteiger partial charge in [0.1, 0.15) is 18.7 Å². The van der Waals surface area contributed by atoms with Gasteiger partial charge in [0, 0.05) is 31.8 Å². The van der Waals surface area contributed by atoms with E-state index in [2.05, 4.69) is 10.6 Å². The van der Waals surface area contributed by atoms with Crippen molar-refractivity contribution in [2.45, 2.75) is 50.9 Å². The van der Waals surface area contributed by atoms with Crippen LogP contribution >= 0.6 is 0 Å². The molecule has 0 aromatic heterocycles. The van der Waals surface area contributed by atoms with Crippen LogP contribution in [0.2, 0.25) is 0 Å². The van der Waals surface area contributed by atoms with Gasteiger partial charge in [-0.2, -0.15) is 0 Å². The molecule has 4 unspecified atom stereocenters. The molecule has 3 fully saturated rings. The minimum atomic E-state index is -0.731. The van der Waals surface area contributed by atoms with Gasteiger partial charge in [0.05, 0.1) is 6.04 Å². The number of carbonyl (C=O) groups excluding carboxylic acids is 4. The van der Waals surface area contributed by atoms with Gasteiger partial charge in [0.15, 0.2) is 0 Å². The first kappa shape index (κ1) is 21.3. The van der Waals surface area contributed by atoms with Gasteiger partial charge in [-0.1, -0.05) is 17.7 Å². The van der Waals surface area contributed by atoms with Crippen molar-refractivity contribution in [3.05, 3.63) is 34.9 Å². The molecule has 1 aromatic carbocycles. The van der Waals surface area contributed by atoms with E-state index < -0.39 is 18.1 Å². The van der Waals surface area contributed by atoms with Gasteiger partial charge in [-0.05, 0) is 38.3 Å². The van der Waals surface area contributed by atoms with Crippen LogP contribution in [0.4, 0.5) is 0 Å². The number of amides is 4. The van der Waals surface area contributed by atoms with E-state index in [0.717, 1.165) is 11.1 Å². The summed E-state index contributed by atoms with van der Waals surface area (Å²) in [5.41, 5.74) is 2.44. The molecule has 0 aliphatic carbocycles. The maximum atomic E-state index is 13.4. The highest BCUT2D eigenvalue weighted by molar-refractivity contribution is 5.98. The molecule has 3 aliphatic rings. The monoisotopic (exact) mass is 428 g/mol. The number of aryl methyl sites for hydroxylation is 2. The van der Waals surface area contributed by atoms with Gasteiger partial charge in [0.2, 0.25) is 17.7 Å². The van der Waals surface area contributed by atoms with E-state index in [1.54, 1.807) is 0 Å². The van der Waals surface area contributed by atoms with Crippen molar-refractivity contribution < 1.29 is 23.9 Å². The number of rotatable bonds is 4. The summed E-state index contributed by atoms with van der Waals surface area (Å²) in [5.74, 6) is -0.966. The summed E-state index contributed by atoms with van der Waals surface area (Å²) < 4.78 is 4.94. The zero-order chi connectivity index (χ0) is 22.3. The molecule has 9 heteroatoms. The molecule has 2 N–H and O–H groups in total. The topological polar surface area (TPSA) is 108 Å². The number of nitrogens with zero attached hydrogens (tertiary/aromatic N) is 2. The van der Waals surface area contributed by atoms with Crippen LogP contribution in [-0.2, 0) is 19.1 Å². The first-order valence-corrected chi connectivity index (χ1v) is 10.6. The second kappa shape index (κ2) is 8.30. The molecule has 4 amide bonds. The third kappa shape index (κ3) is 3.89. The van der Waals surface area contributed by atoms with Crippen molar-refractivity contribution >= 4 is 23.6 Å². The van der Waals surface area contributed by atoms with Crippen molar-refractivity contribution in [1.82, 2.24) is 20.4 Å². The average molecular weight is 428 g/mol. The molecule has 1 aromatic rings. The minimum absolute atomic E-state index is 0.109. The fourth-order valence-electron chi connectivity index (χ4n) is 4.86. The molecule has 4 rings (SSSR count). The summed E-state index contributed by atoms with van der Waals surface area (Å²) in [7, 11) is 1.43. The molecule has 166 valence electrons. The second-order valence-electron chi connectivity index (χ2n) is 8.60. The lowest BCUT2D eigenvalue weighted by Crippen LogP contribution is -2.53. The lowest BCUT2D eigenvalue weighted by atomic mass is 10.0. The standard InChI is InChI=1S/C22H28N4O5/c1-12-4-5-13(2)15(8-12)20(28)23-14-9-17-21(29)24-16-6-7-25(18(27)11-31-3)19(16)22(30)26(17)10-14/h4-5,8,14,16-17,19H,6-7,9-11H2,1-3H3,(H,23,28)(H,24,29). The van der Waals surface area contributed by atoms with E-state index >= 15 is 0 Å². The predicted octanol–water partition coefficient (Wildman–Crippen LogP) is -0.252. The van der Waals surface area contributed by atoms with Crippen LogP contribution in [0.3, 0.4) is 0 Å². The Kier molecular flexibility index (Phi) is 5.70. The zero-order valence-electron chi connectivity index (χ0n) is 18.0. The highest BCUT2D eigenvalue weighted by atomic mass is 16.5. The first-order chi connectivity index (χ1) is 14.8. The molecule has 3 saturated heterocycles. The lowest BCUT2D eigenvalue weighted by Gasteiger charge is -2.29. The molecule has 3 heterocycles. The van der Waals surface area contributed by atoms with Gasteiger partial charge in [-0.15, -0.1) is 0 Å². The van der Waals surface area contributed by atoms with Crippen LogP contribution in [0.25, 0.3) is 0 Å². The van der Waals surface area contributed by atoms with Crippen LogP contribution in [0.1, 0.15) is 34.3 Å². The Morgan fingerprint density at radius 3 is 2.77 bits per heavy atom. The second-order valence-corrected chi connectivity index (χ2v) is 8.60. The van der Waals surface area contributed by atoms with Crippen LogP contribution < -0.4 is 10.6 Å². The largest absolute Gasteiger partial charge is 0.375 e. The van der Waals surface area contributed by atoms with E-state index in [1.165, 1.54) is 16.9 Å². The van der Waals surface area contributed by atoms with Crippen molar-refractivity contribution in [2.24, 2.45) is 0 Å². The Labute approximate surface area is 181 Å². The SMILES string of the molecule is COCC(=O)N1CCC2NC(=O)C3CC(NC(=O)c4cc(C)ccc4C)CN3C(=O)C21. The number of methoxy groups -OCH3 is 1. The van der Waals surface area contributed by atoms with E-state index in [1.807, 2.05) is 32.0 Å². The van der Waals surface area contributed by atoms with E-state index in [9.17, 15) is 19.2 Å². The highest BCUT2D eigenvalue weighted by Gasteiger charge is 2.52. The zero-order valence-corrected chi connectivity index (χ0v) is 18.0. The maximum Gasteiger partial charge on any atom is 0.251 e. The fourth-order valence-corrected chi connectivity index (χ4v) is 4.86. The predicted molar refractivity (Wildman–Crippen MR) is 111 cm³/mol. The molecule has 0 spiro atoms. The van der Waals surface area contributed by atoms with Gasteiger partial charge in [-0.3, -0.25) is 19.2 Å². The van der Waals surface area contributed by atoms with Crippen molar-refractivity contribution in [3.8, 4) is 0 Å². The van der Waals surface area contributed by atoms with Crippen molar-refractivity contribution in [1.29, 1.82) is 0 Å². The molecule has 3 aliphatic heterocycles. The molecule has 0 radical (unpaired) electrons. The molecular formula is C22H28N4O5. The average Bonchev–Trinajstić information content (AvgIpc) is 3.32. The summed E-state index contributed by atoms with van der Waals surface area (Å²) in [6.07, 6.45) is 0.880. The van der Waals surface area contributed by atoms with Crippen LogP contribution in [-0.4, -0.2) is 84.4 Å². The van der Waals surface area contributed by atoms with E-state index in [4.69, 9.17) is 4.74 Å². The summed E-state index contributed by atoms with van der Waals surface area (Å²) in [6, 6.07) is 3.56. The summed E-state index contributed by atoms with van der Waals surface area (Å²) >= 11 is 0. The van der Waals surface area contributed by atoms with Crippen molar-refractivity contribution in [2.75, 3.05) is 26.8 Å². The molecular weight excluding hydrogens is 400 g/mol. The van der Waals surface area contributed by atoms with Gasteiger partial charge in [-0.25, -0.2) is 0 Å². The Bertz CT molecular complexity index is 932. The molecule has 31 heavy (non-hydrogen) atoms. The van der Waals surface area contributed by atoms with Crippen LogP contribution in [0.15, 0.2) is 18.2 Å². The maximum absolute atomic E-state index is 13.4. The van der Waals surface area contributed by atoms with Crippen LogP contribution in [0.5, 0.6) is 0 Å². The third-order valence-corrected chi connectivity index (χ3v) is 6.43. The summed E-state index contributed by atoms with van der Waals surface area (Å²) in [5, 5.41) is 5.92. The molecule has 4 atom stereocenters.